The Morgan fingerprint density at radius 3 is 2.33 bits per heavy atom. The zero-order valence-corrected chi connectivity index (χ0v) is 8.96. The molecule has 0 atom stereocenters. The molecule has 2 rings (SSSR count). The molecule has 0 radical (unpaired) electrons. The molecule has 2 aromatic carbocycles. The SMILES string of the molecule is C=Cc1ccc(C(=C)C)c2ccccc12. The fourth-order valence-electron chi connectivity index (χ4n) is 1.87. The van der Waals surface area contributed by atoms with Crippen LogP contribution in [0.15, 0.2) is 49.6 Å². The molecule has 15 heavy (non-hydrogen) atoms. The van der Waals surface area contributed by atoms with E-state index in [0.717, 1.165) is 5.57 Å². The normalized spacial score (nSPS) is 10.2. The zero-order valence-electron chi connectivity index (χ0n) is 8.96. The van der Waals surface area contributed by atoms with Gasteiger partial charge in [-0.15, -0.1) is 0 Å². The van der Waals surface area contributed by atoms with E-state index in [1.54, 1.807) is 0 Å². The largest absolute Gasteiger partial charge is 0.0984 e. The Kier molecular flexibility index (Phi) is 2.42. The lowest BCUT2D eigenvalue weighted by Gasteiger charge is -2.08. The third-order valence-corrected chi connectivity index (χ3v) is 2.64. The number of benzene rings is 2. The molecule has 0 bridgehead atoms. The van der Waals surface area contributed by atoms with Gasteiger partial charge in [-0.05, 0) is 28.8 Å². The van der Waals surface area contributed by atoms with Crippen molar-refractivity contribution >= 4 is 22.4 Å². The van der Waals surface area contributed by atoms with E-state index in [4.69, 9.17) is 0 Å². The fourth-order valence-corrected chi connectivity index (χ4v) is 1.87. The summed E-state index contributed by atoms with van der Waals surface area (Å²) >= 11 is 0. The van der Waals surface area contributed by atoms with Crippen molar-refractivity contribution in [1.82, 2.24) is 0 Å². The van der Waals surface area contributed by atoms with Crippen molar-refractivity contribution in [3.8, 4) is 0 Å². The van der Waals surface area contributed by atoms with E-state index in [1.807, 2.05) is 13.0 Å². The second-order valence-corrected chi connectivity index (χ2v) is 3.73. The number of fused-ring (bicyclic) bond motifs is 1. The molecule has 0 nitrogen and oxygen atoms in total. The molecule has 0 heterocycles. The van der Waals surface area contributed by atoms with E-state index in [2.05, 4.69) is 49.6 Å². The summed E-state index contributed by atoms with van der Waals surface area (Å²) in [5, 5.41) is 2.50. The molecule has 0 aliphatic carbocycles. The maximum Gasteiger partial charge on any atom is -0.0103 e. The van der Waals surface area contributed by atoms with Crippen molar-refractivity contribution in [1.29, 1.82) is 0 Å². The quantitative estimate of drug-likeness (QED) is 0.659. The molecule has 2 aromatic rings. The predicted octanol–water partition coefficient (Wildman–Crippen LogP) is 4.52. The summed E-state index contributed by atoms with van der Waals surface area (Å²) in [4.78, 5) is 0. The third-order valence-electron chi connectivity index (χ3n) is 2.64. The van der Waals surface area contributed by atoms with Gasteiger partial charge in [-0.2, -0.15) is 0 Å². The van der Waals surface area contributed by atoms with Crippen molar-refractivity contribution in [3.63, 3.8) is 0 Å². The Morgan fingerprint density at radius 2 is 1.73 bits per heavy atom. The Morgan fingerprint density at radius 1 is 1.07 bits per heavy atom. The second-order valence-electron chi connectivity index (χ2n) is 3.73. The van der Waals surface area contributed by atoms with Gasteiger partial charge in [0, 0.05) is 0 Å². The van der Waals surface area contributed by atoms with Crippen molar-refractivity contribution in [3.05, 3.63) is 60.7 Å². The van der Waals surface area contributed by atoms with Gasteiger partial charge in [0.2, 0.25) is 0 Å². The molecule has 0 aromatic heterocycles. The van der Waals surface area contributed by atoms with Crippen LogP contribution in [-0.2, 0) is 0 Å². The average molecular weight is 194 g/mol. The highest BCUT2D eigenvalue weighted by Gasteiger charge is 2.03. The lowest BCUT2D eigenvalue weighted by Crippen LogP contribution is -1.84. The number of allylic oxidation sites excluding steroid dienone is 1. The lowest BCUT2D eigenvalue weighted by molar-refractivity contribution is 1.62. The smallest absolute Gasteiger partial charge is 0.0103 e. The molecule has 0 saturated carbocycles. The molecule has 0 heteroatoms. The van der Waals surface area contributed by atoms with Gasteiger partial charge in [0.15, 0.2) is 0 Å². The topological polar surface area (TPSA) is 0 Å². The molecule has 0 aliphatic rings. The molecule has 0 saturated heterocycles. The van der Waals surface area contributed by atoms with E-state index in [1.165, 1.54) is 21.9 Å². The van der Waals surface area contributed by atoms with Crippen LogP contribution in [0, 0.1) is 0 Å². The molecule has 0 fully saturated rings. The molecule has 0 N–H and O–H groups in total. The van der Waals surface area contributed by atoms with Crippen LogP contribution >= 0.6 is 0 Å². The lowest BCUT2D eigenvalue weighted by atomic mass is 9.96. The molecule has 74 valence electrons. The minimum atomic E-state index is 1.10. The predicted molar refractivity (Wildman–Crippen MR) is 68.7 cm³/mol. The van der Waals surface area contributed by atoms with Crippen molar-refractivity contribution < 1.29 is 0 Å². The molecular formula is C15H14. The first-order chi connectivity index (χ1) is 7.24. The molecule has 0 aliphatic heterocycles. The number of rotatable bonds is 2. The van der Waals surface area contributed by atoms with Gasteiger partial charge >= 0.3 is 0 Å². The van der Waals surface area contributed by atoms with E-state index in [9.17, 15) is 0 Å². The summed E-state index contributed by atoms with van der Waals surface area (Å²) in [7, 11) is 0. The summed E-state index contributed by atoms with van der Waals surface area (Å²) in [5.74, 6) is 0. The zero-order chi connectivity index (χ0) is 10.8. The Hall–Kier alpha value is -1.82. The summed E-state index contributed by atoms with van der Waals surface area (Å²) in [6, 6.07) is 12.6. The van der Waals surface area contributed by atoms with Crippen molar-refractivity contribution in [2.45, 2.75) is 6.92 Å². The van der Waals surface area contributed by atoms with Crippen molar-refractivity contribution in [2.24, 2.45) is 0 Å². The average Bonchev–Trinajstić information content (AvgIpc) is 2.27. The summed E-state index contributed by atoms with van der Waals surface area (Å²) < 4.78 is 0. The standard InChI is InChI=1S/C15H14/c1-4-12-9-10-13(11(2)3)15-8-6-5-7-14(12)15/h4-10H,1-2H2,3H3. The van der Waals surface area contributed by atoms with Gasteiger partial charge in [-0.3, -0.25) is 0 Å². The highest BCUT2D eigenvalue weighted by molar-refractivity contribution is 5.97. The van der Waals surface area contributed by atoms with Gasteiger partial charge in [0.25, 0.3) is 0 Å². The van der Waals surface area contributed by atoms with Crippen LogP contribution in [0.1, 0.15) is 18.1 Å². The summed E-state index contributed by atoms with van der Waals surface area (Å²) in [5.41, 5.74) is 3.49. The van der Waals surface area contributed by atoms with Crippen LogP contribution in [0.2, 0.25) is 0 Å². The van der Waals surface area contributed by atoms with Crippen molar-refractivity contribution in [2.75, 3.05) is 0 Å². The van der Waals surface area contributed by atoms with Gasteiger partial charge in [-0.25, -0.2) is 0 Å². The third kappa shape index (κ3) is 1.59. The maximum absolute atomic E-state index is 4.01. The van der Waals surface area contributed by atoms with Gasteiger partial charge in [0.1, 0.15) is 0 Å². The number of hydrogen-bond acceptors (Lipinski definition) is 0. The molecular weight excluding hydrogens is 180 g/mol. The van der Waals surface area contributed by atoms with Crippen LogP contribution < -0.4 is 0 Å². The van der Waals surface area contributed by atoms with Crippen LogP contribution in [0.4, 0.5) is 0 Å². The summed E-state index contributed by atoms with van der Waals surface area (Å²) in [6.45, 7) is 9.88. The van der Waals surface area contributed by atoms with E-state index < -0.39 is 0 Å². The van der Waals surface area contributed by atoms with Gasteiger partial charge in [-0.1, -0.05) is 61.2 Å². The van der Waals surface area contributed by atoms with Crippen LogP contribution in [0.5, 0.6) is 0 Å². The number of hydrogen-bond donors (Lipinski definition) is 0. The first-order valence-electron chi connectivity index (χ1n) is 5.04. The maximum atomic E-state index is 4.01. The molecule has 0 unspecified atom stereocenters. The monoisotopic (exact) mass is 194 g/mol. The molecule has 0 spiro atoms. The Bertz CT molecular complexity index is 533. The van der Waals surface area contributed by atoms with Crippen LogP contribution in [0.25, 0.3) is 22.4 Å². The highest BCUT2D eigenvalue weighted by atomic mass is 14.1. The van der Waals surface area contributed by atoms with Crippen LogP contribution in [-0.4, -0.2) is 0 Å². The first-order valence-corrected chi connectivity index (χ1v) is 5.04. The molecule has 0 amide bonds. The summed E-state index contributed by atoms with van der Waals surface area (Å²) in [6.07, 6.45) is 1.89. The fraction of sp³-hybridized carbons (Fsp3) is 0.0667. The minimum absolute atomic E-state index is 1.10. The highest BCUT2D eigenvalue weighted by Crippen LogP contribution is 2.27. The Labute approximate surface area is 90.6 Å². The first kappa shape index (κ1) is 9.72. The van der Waals surface area contributed by atoms with Crippen LogP contribution in [0.3, 0.4) is 0 Å². The van der Waals surface area contributed by atoms with Gasteiger partial charge in [0.05, 0.1) is 0 Å². The Balaban J connectivity index is 2.89. The van der Waals surface area contributed by atoms with E-state index in [-0.39, 0.29) is 0 Å². The van der Waals surface area contributed by atoms with E-state index >= 15 is 0 Å². The minimum Gasteiger partial charge on any atom is -0.0984 e. The second kappa shape index (κ2) is 3.74. The van der Waals surface area contributed by atoms with Gasteiger partial charge < -0.3 is 0 Å². The van der Waals surface area contributed by atoms with E-state index in [0.29, 0.717) is 0 Å².